The molecule has 1 atom stereocenters. The van der Waals surface area contributed by atoms with E-state index in [1.807, 2.05) is 4.90 Å². The summed E-state index contributed by atoms with van der Waals surface area (Å²) >= 11 is 8.81. The molecule has 0 saturated carbocycles. The summed E-state index contributed by atoms with van der Waals surface area (Å²) < 4.78 is 27.8. The zero-order valence-corrected chi connectivity index (χ0v) is 13.7. The molecule has 0 aliphatic carbocycles. The molecule has 1 fully saturated rings. The van der Waals surface area contributed by atoms with Crippen LogP contribution in [-0.2, 0) is 0 Å². The van der Waals surface area contributed by atoms with E-state index in [1.54, 1.807) is 0 Å². The summed E-state index contributed by atoms with van der Waals surface area (Å²) in [7, 11) is 0. The molecule has 0 unspecified atom stereocenters. The molecule has 0 bridgehead atoms. The minimum Gasteiger partial charge on any atom is -0.356 e. The van der Waals surface area contributed by atoms with Gasteiger partial charge in [-0.3, -0.25) is 0 Å². The van der Waals surface area contributed by atoms with E-state index in [0.29, 0.717) is 17.1 Å². The van der Waals surface area contributed by atoms with Gasteiger partial charge in [0.2, 0.25) is 5.28 Å². The van der Waals surface area contributed by atoms with Crippen molar-refractivity contribution in [1.29, 1.82) is 0 Å². The van der Waals surface area contributed by atoms with Gasteiger partial charge >= 0.3 is 0 Å². The Bertz CT molecular complexity index is 710. The number of piperidine rings is 1. The summed E-state index contributed by atoms with van der Waals surface area (Å²) in [6.45, 7) is 3.74. The van der Waals surface area contributed by atoms with E-state index >= 15 is 0 Å². The lowest BCUT2D eigenvalue weighted by Crippen LogP contribution is -2.35. The summed E-state index contributed by atoms with van der Waals surface area (Å²) in [5.74, 6) is -0.410. The number of anilines is 1. The lowest BCUT2D eigenvalue weighted by molar-refractivity contribution is 0.445. The highest BCUT2D eigenvalue weighted by Gasteiger charge is 2.23. The minimum absolute atomic E-state index is 0.0341. The molecule has 7 heteroatoms. The van der Waals surface area contributed by atoms with Crippen LogP contribution in [-0.4, -0.2) is 23.1 Å². The van der Waals surface area contributed by atoms with E-state index in [2.05, 4.69) is 32.8 Å². The highest BCUT2D eigenvalue weighted by Crippen LogP contribution is 2.34. The fraction of sp³-hybridized carbons (Fsp3) is 0.429. The maximum Gasteiger partial charge on any atom is 0.225 e. The van der Waals surface area contributed by atoms with E-state index < -0.39 is 11.6 Å². The SMILES string of the molecule is C[C@@H]1CCCN(c2nc(Cl)nc3c(F)c(Br)c(F)cc23)C1. The predicted molar refractivity (Wildman–Crippen MR) is 82.8 cm³/mol. The number of nitrogens with zero attached hydrogens (tertiary/aromatic N) is 3. The second-order valence-electron chi connectivity index (χ2n) is 5.39. The van der Waals surface area contributed by atoms with Crippen molar-refractivity contribution in [3.8, 4) is 0 Å². The van der Waals surface area contributed by atoms with Gasteiger partial charge in [-0.1, -0.05) is 6.92 Å². The monoisotopic (exact) mass is 375 g/mol. The Labute approximate surface area is 134 Å². The number of hydrogen-bond donors (Lipinski definition) is 0. The van der Waals surface area contributed by atoms with Crippen LogP contribution in [0.4, 0.5) is 14.6 Å². The van der Waals surface area contributed by atoms with Crippen molar-refractivity contribution in [2.24, 2.45) is 5.92 Å². The fourth-order valence-corrected chi connectivity index (χ4v) is 3.22. The van der Waals surface area contributed by atoms with E-state index in [-0.39, 0.29) is 15.3 Å². The van der Waals surface area contributed by atoms with E-state index in [4.69, 9.17) is 11.6 Å². The van der Waals surface area contributed by atoms with Gasteiger partial charge in [0.25, 0.3) is 0 Å². The van der Waals surface area contributed by atoms with Crippen LogP contribution in [0.5, 0.6) is 0 Å². The maximum absolute atomic E-state index is 14.2. The van der Waals surface area contributed by atoms with Crippen LogP contribution in [0.2, 0.25) is 5.28 Å². The lowest BCUT2D eigenvalue weighted by Gasteiger charge is -2.32. The molecule has 0 spiro atoms. The largest absolute Gasteiger partial charge is 0.356 e. The van der Waals surface area contributed by atoms with E-state index in [0.717, 1.165) is 25.9 Å². The van der Waals surface area contributed by atoms with Gasteiger partial charge in [0.15, 0.2) is 5.82 Å². The third-order valence-corrected chi connectivity index (χ3v) is 4.63. The van der Waals surface area contributed by atoms with Crippen LogP contribution in [0, 0.1) is 17.6 Å². The van der Waals surface area contributed by atoms with Gasteiger partial charge in [-0.25, -0.2) is 13.8 Å². The second kappa shape index (κ2) is 5.65. The number of hydrogen-bond acceptors (Lipinski definition) is 3. The highest BCUT2D eigenvalue weighted by atomic mass is 79.9. The Morgan fingerprint density at radius 1 is 1.38 bits per heavy atom. The molecule has 3 rings (SSSR count). The normalized spacial score (nSPS) is 19.3. The Morgan fingerprint density at radius 2 is 2.14 bits per heavy atom. The van der Waals surface area contributed by atoms with Gasteiger partial charge in [0, 0.05) is 18.5 Å². The highest BCUT2D eigenvalue weighted by molar-refractivity contribution is 9.10. The van der Waals surface area contributed by atoms with Gasteiger partial charge in [0.05, 0.1) is 4.47 Å². The van der Waals surface area contributed by atoms with Crippen molar-refractivity contribution < 1.29 is 8.78 Å². The van der Waals surface area contributed by atoms with Crippen LogP contribution in [0.1, 0.15) is 19.8 Å². The predicted octanol–water partition coefficient (Wildman–Crippen LogP) is 4.56. The van der Waals surface area contributed by atoms with Crippen LogP contribution in [0.15, 0.2) is 10.5 Å². The third-order valence-electron chi connectivity index (χ3n) is 3.74. The van der Waals surface area contributed by atoms with Crippen molar-refractivity contribution >= 4 is 44.3 Å². The fourth-order valence-electron chi connectivity index (χ4n) is 2.75. The van der Waals surface area contributed by atoms with Crippen LogP contribution in [0.3, 0.4) is 0 Å². The van der Waals surface area contributed by atoms with Crippen molar-refractivity contribution in [3.63, 3.8) is 0 Å². The summed E-state index contributed by atoms with van der Waals surface area (Å²) in [5.41, 5.74) is 0.0384. The standard InChI is InChI=1S/C14H13BrClF2N3/c1-7-3-2-4-21(6-7)13-8-5-9(17)10(15)11(18)12(8)19-14(16)20-13/h5,7H,2-4,6H2,1H3/t7-/m1/s1. The summed E-state index contributed by atoms with van der Waals surface area (Å²) in [5, 5.41) is 0.319. The van der Waals surface area contributed by atoms with E-state index in [9.17, 15) is 8.78 Å². The zero-order chi connectivity index (χ0) is 15.1. The number of benzene rings is 1. The van der Waals surface area contributed by atoms with Crippen molar-refractivity contribution in [2.75, 3.05) is 18.0 Å². The number of aromatic nitrogens is 2. The molecule has 0 N–H and O–H groups in total. The average molecular weight is 377 g/mol. The van der Waals surface area contributed by atoms with Crippen molar-refractivity contribution in [2.45, 2.75) is 19.8 Å². The molecule has 21 heavy (non-hydrogen) atoms. The molecule has 1 aromatic carbocycles. The zero-order valence-electron chi connectivity index (χ0n) is 11.3. The Morgan fingerprint density at radius 3 is 2.86 bits per heavy atom. The maximum atomic E-state index is 14.2. The Balaban J connectivity index is 2.22. The quantitative estimate of drug-likeness (QED) is 0.540. The van der Waals surface area contributed by atoms with E-state index in [1.165, 1.54) is 6.07 Å². The summed E-state index contributed by atoms with van der Waals surface area (Å²) in [6.07, 6.45) is 2.16. The smallest absolute Gasteiger partial charge is 0.225 e. The summed E-state index contributed by atoms with van der Waals surface area (Å²) in [6, 6.07) is 1.26. The second-order valence-corrected chi connectivity index (χ2v) is 6.52. The molecule has 0 amide bonds. The number of rotatable bonds is 1. The molecule has 2 heterocycles. The number of fused-ring (bicyclic) bond motifs is 1. The molecule has 1 aliphatic rings. The van der Waals surface area contributed by atoms with Crippen molar-refractivity contribution in [1.82, 2.24) is 9.97 Å². The molecular weight excluding hydrogens is 364 g/mol. The van der Waals surface area contributed by atoms with Crippen LogP contribution >= 0.6 is 27.5 Å². The molecule has 3 nitrogen and oxygen atoms in total. The van der Waals surface area contributed by atoms with Gasteiger partial charge in [0.1, 0.15) is 17.2 Å². The molecule has 0 radical (unpaired) electrons. The first-order valence-corrected chi connectivity index (χ1v) is 7.90. The summed E-state index contributed by atoms with van der Waals surface area (Å²) in [4.78, 5) is 10.1. The topological polar surface area (TPSA) is 29.0 Å². The molecule has 1 aromatic heterocycles. The van der Waals surface area contributed by atoms with Gasteiger partial charge in [-0.15, -0.1) is 0 Å². The first kappa shape index (κ1) is 14.9. The Kier molecular flexibility index (Phi) is 4.01. The Hall–Kier alpha value is -1.01. The first-order chi connectivity index (χ1) is 9.97. The molecule has 112 valence electrons. The van der Waals surface area contributed by atoms with Gasteiger partial charge < -0.3 is 4.90 Å². The molecule has 1 aliphatic heterocycles. The van der Waals surface area contributed by atoms with Crippen molar-refractivity contribution in [3.05, 3.63) is 27.5 Å². The third kappa shape index (κ3) is 2.71. The minimum atomic E-state index is -0.749. The van der Waals surface area contributed by atoms with Crippen LogP contribution < -0.4 is 4.90 Å². The average Bonchev–Trinajstić information content (AvgIpc) is 2.45. The van der Waals surface area contributed by atoms with Crippen LogP contribution in [0.25, 0.3) is 10.9 Å². The molecule has 1 saturated heterocycles. The molecular formula is C14H13BrClF2N3. The number of halogens is 4. The lowest BCUT2D eigenvalue weighted by atomic mass is 10.00. The van der Waals surface area contributed by atoms with Gasteiger partial charge in [-0.05, 0) is 52.4 Å². The van der Waals surface area contributed by atoms with Gasteiger partial charge in [-0.2, -0.15) is 4.98 Å². The molecule has 2 aromatic rings. The first-order valence-electron chi connectivity index (χ1n) is 6.73.